The molecule has 0 saturated carbocycles. The summed E-state index contributed by atoms with van der Waals surface area (Å²) >= 11 is 0. The Morgan fingerprint density at radius 2 is 1.54 bits per heavy atom. The number of aliphatic hydroxyl groups is 1. The Labute approximate surface area is 158 Å². The van der Waals surface area contributed by atoms with Crippen molar-refractivity contribution in [2.45, 2.75) is 65.0 Å². The summed E-state index contributed by atoms with van der Waals surface area (Å²) in [6.45, 7) is 13.9. The second kappa shape index (κ2) is 7.81. The van der Waals surface area contributed by atoms with Crippen LogP contribution in [0.4, 0.5) is 0 Å². The van der Waals surface area contributed by atoms with Crippen molar-refractivity contribution in [2.75, 3.05) is 6.54 Å². The minimum Gasteiger partial charge on any atom is -0.507 e. The lowest BCUT2D eigenvalue weighted by Crippen LogP contribution is -2.23. The van der Waals surface area contributed by atoms with Crippen LogP contribution in [-0.2, 0) is 17.4 Å². The van der Waals surface area contributed by atoms with E-state index in [0.29, 0.717) is 18.8 Å². The van der Waals surface area contributed by atoms with Gasteiger partial charge in [0.05, 0.1) is 6.10 Å². The van der Waals surface area contributed by atoms with Gasteiger partial charge in [-0.3, -0.25) is 0 Å². The Kier molecular flexibility index (Phi) is 6.15. The van der Waals surface area contributed by atoms with E-state index in [1.165, 1.54) is 5.56 Å². The van der Waals surface area contributed by atoms with Gasteiger partial charge in [0, 0.05) is 18.7 Å². The van der Waals surface area contributed by atoms with Crippen molar-refractivity contribution in [1.82, 2.24) is 5.32 Å². The molecule has 1 atom stereocenters. The Morgan fingerprint density at radius 3 is 2.08 bits per heavy atom. The molecular weight excluding hydrogens is 322 g/mol. The van der Waals surface area contributed by atoms with Crippen LogP contribution >= 0.6 is 0 Å². The zero-order valence-electron chi connectivity index (χ0n) is 16.9. The molecule has 0 bridgehead atoms. The van der Waals surface area contributed by atoms with E-state index < -0.39 is 6.10 Å². The van der Waals surface area contributed by atoms with Crippen LogP contribution in [0.2, 0.25) is 0 Å². The van der Waals surface area contributed by atoms with Crippen molar-refractivity contribution >= 4 is 0 Å². The standard InChI is InChI=1S/C23H33NO2/c1-22(2,3)18-12-17(21(26)19(13-18)23(4,5)6)14-24-15-20(25)16-10-8-7-9-11-16/h7-13,20,24-26H,14-15H2,1-6H3. The van der Waals surface area contributed by atoms with Crippen molar-refractivity contribution < 1.29 is 10.2 Å². The molecule has 0 amide bonds. The quantitative estimate of drug-likeness (QED) is 0.721. The summed E-state index contributed by atoms with van der Waals surface area (Å²) in [4.78, 5) is 0. The van der Waals surface area contributed by atoms with Crippen molar-refractivity contribution in [3.8, 4) is 5.75 Å². The summed E-state index contributed by atoms with van der Waals surface area (Å²) in [5.41, 5.74) is 3.81. The third kappa shape index (κ3) is 5.09. The molecule has 3 heteroatoms. The van der Waals surface area contributed by atoms with E-state index in [0.717, 1.165) is 16.7 Å². The molecule has 3 N–H and O–H groups in total. The monoisotopic (exact) mass is 355 g/mol. The lowest BCUT2D eigenvalue weighted by molar-refractivity contribution is 0.174. The van der Waals surface area contributed by atoms with Crippen LogP contribution in [0, 0.1) is 0 Å². The molecular formula is C23H33NO2. The number of rotatable bonds is 5. The number of phenolic OH excluding ortho intramolecular Hbond substituents is 1. The molecule has 0 radical (unpaired) electrons. The number of hydrogen-bond donors (Lipinski definition) is 3. The van der Waals surface area contributed by atoms with E-state index >= 15 is 0 Å². The van der Waals surface area contributed by atoms with Gasteiger partial charge in [-0.2, -0.15) is 0 Å². The Morgan fingerprint density at radius 1 is 0.923 bits per heavy atom. The second-order valence-corrected chi connectivity index (χ2v) is 9.09. The highest BCUT2D eigenvalue weighted by atomic mass is 16.3. The van der Waals surface area contributed by atoms with Gasteiger partial charge in [-0.25, -0.2) is 0 Å². The van der Waals surface area contributed by atoms with Crippen molar-refractivity contribution in [3.05, 3.63) is 64.7 Å². The Bertz CT molecular complexity index is 724. The molecule has 0 saturated heterocycles. The number of phenols is 1. The van der Waals surface area contributed by atoms with Gasteiger partial charge in [-0.1, -0.05) is 84.0 Å². The third-order valence-electron chi connectivity index (χ3n) is 4.70. The van der Waals surface area contributed by atoms with Crippen LogP contribution in [0.3, 0.4) is 0 Å². The number of nitrogens with one attached hydrogen (secondary N) is 1. The highest BCUT2D eigenvalue weighted by molar-refractivity contribution is 5.48. The predicted octanol–water partition coefficient (Wildman–Crippen LogP) is 4.81. The van der Waals surface area contributed by atoms with E-state index in [1.54, 1.807) is 0 Å². The highest BCUT2D eigenvalue weighted by Gasteiger charge is 2.24. The van der Waals surface area contributed by atoms with Crippen molar-refractivity contribution in [2.24, 2.45) is 0 Å². The number of aromatic hydroxyl groups is 1. The molecule has 2 aromatic carbocycles. The lowest BCUT2D eigenvalue weighted by Gasteiger charge is -2.27. The molecule has 26 heavy (non-hydrogen) atoms. The number of benzene rings is 2. The number of aliphatic hydroxyl groups excluding tert-OH is 1. The summed E-state index contributed by atoms with van der Waals surface area (Å²) < 4.78 is 0. The molecule has 0 spiro atoms. The summed E-state index contributed by atoms with van der Waals surface area (Å²) in [6.07, 6.45) is -0.564. The van der Waals surface area contributed by atoms with Crippen LogP contribution in [0.25, 0.3) is 0 Å². The molecule has 0 aliphatic carbocycles. The van der Waals surface area contributed by atoms with Crippen LogP contribution < -0.4 is 5.32 Å². The zero-order valence-corrected chi connectivity index (χ0v) is 16.9. The second-order valence-electron chi connectivity index (χ2n) is 9.09. The number of hydrogen-bond acceptors (Lipinski definition) is 3. The van der Waals surface area contributed by atoms with Gasteiger partial charge in [0.25, 0.3) is 0 Å². The molecule has 0 aliphatic heterocycles. The van der Waals surface area contributed by atoms with Gasteiger partial charge in [0.1, 0.15) is 5.75 Å². The van der Waals surface area contributed by atoms with E-state index in [-0.39, 0.29) is 10.8 Å². The average Bonchev–Trinajstić information content (AvgIpc) is 2.55. The van der Waals surface area contributed by atoms with Gasteiger partial charge >= 0.3 is 0 Å². The average molecular weight is 356 g/mol. The van der Waals surface area contributed by atoms with E-state index in [2.05, 4.69) is 59.0 Å². The Balaban J connectivity index is 2.20. The van der Waals surface area contributed by atoms with Crippen LogP contribution in [-0.4, -0.2) is 16.8 Å². The molecule has 142 valence electrons. The maximum atomic E-state index is 10.8. The first-order chi connectivity index (χ1) is 12.0. The molecule has 0 aliphatic rings. The molecule has 1 unspecified atom stereocenters. The predicted molar refractivity (Wildman–Crippen MR) is 109 cm³/mol. The van der Waals surface area contributed by atoms with Crippen LogP contribution in [0.15, 0.2) is 42.5 Å². The minimum absolute atomic E-state index is 0.00595. The maximum absolute atomic E-state index is 10.8. The highest BCUT2D eigenvalue weighted by Crippen LogP contribution is 2.37. The fraction of sp³-hybridized carbons (Fsp3) is 0.478. The van der Waals surface area contributed by atoms with Gasteiger partial charge in [-0.15, -0.1) is 0 Å². The topological polar surface area (TPSA) is 52.5 Å². The SMILES string of the molecule is CC(C)(C)c1cc(CNCC(O)c2ccccc2)c(O)c(C(C)(C)C)c1. The van der Waals surface area contributed by atoms with Gasteiger partial charge < -0.3 is 15.5 Å². The van der Waals surface area contributed by atoms with Crippen molar-refractivity contribution in [3.63, 3.8) is 0 Å². The first kappa shape index (κ1) is 20.5. The van der Waals surface area contributed by atoms with E-state index in [4.69, 9.17) is 0 Å². The molecule has 2 aromatic rings. The van der Waals surface area contributed by atoms with E-state index in [1.807, 2.05) is 30.3 Å². The first-order valence-electron chi connectivity index (χ1n) is 9.30. The molecule has 2 rings (SSSR count). The minimum atomic E-state index is -0.564. The lowest BCUT2D eigenvalue weighted by atomic mass is 9.79. The molecule has 0 aromatic heterocycles. The maximum Gasteiger partial charge on any atom is 0.123 e. The third-order valence-corrected chi connectivity index (χ3v) is 4.70. The summed E-state index contributed by atoms with van der Waals surface area (Å²) in [7, 11) is 0. The largest absolute Gasteiger partial charge is 0.507 e. The summed E-state index contributed by atoms with van der Waals surface area (Å²) in [5.74, 6) is 0.354. The zero-order chi connectivity index (χ0) is 19.5. The molecule has 0 heterocycles. The summed E-state index contributed by atoms with van der Waals surface area (Å²) in [5, 5.41) is 24.4. The van der Waals surface area contributed by atoms with Gasteiger partial charge in [0.2, 0.25) is 0 Å². The molecule has 0 fully saturated rings. The normalized spacial score (nSPS) is 13.7. The van der Waals surface area contributed by atoms with Gasteiger partial charge in [-0.05, 0) is 27.5 Å². The van der Waals surface area contributed by atoms with Crippen molar-refractivity contribution in [1.29, 1.82) is 0 Å². The van der Waals surface area contributed by atoms with E-state index in [9.17, 15) is 10.2 Å². The smallest absolute Gasteiger partial charge is 0.123 e. The Hall–Kier alpha value is -1.84. The van der Waals surface area contributed by atoms with Gasteiger partial charge in [0.15, 0.2) is 0 Å². The van der Waals surface area contributed by atoms with Crippen LogP contribution in [0.5, 0.6) is 5.75 Å². The van der Waals surface area contributed by atoms with Crippen LogP contribution in [0.1, 0.15) is 69.9 Å². The molecule has 3 nitrogen and oxygen atoms in total. The fourth-order valence-electron chi connectivity index (χ4n) is 2.97. The fourth-order valence-corrected chi connectivity index (χ4v) is 2.97. The first-order valence-corrected chi connectivity index (χ1v) is 9.30. The summed E-state index contributed by atoms with van der Waals surface area (Å²) in [6, 6.07) is 13.8.